The van der Waals surface area contributed by atoms with E-state index >= 15 is 0 Å². The van der Waals surface area contributed by atoms with Crippen LogP contribution in [0.2, 0.25) is 0 Å². The third-order valence-electron chi connectivity index (χ3n) is 2.27. The highest BCUT2D eigenvalue weighted by molar-refractivity contribution is 5.83. The van der Waals surface area contributed by atoms with E-state index in [4.69, 9.17) is 0 Å². The number of Topliss-reactive ketones (excluding diaryl/α,β-unsaturated/α-hetero) is 1. The molecule has 0 N–H and O–H groups in total. The molecule has 0 amide bonds. The van der Waals surface area contributed by atoms with Gasteiger partial charge in [0.15, 0.2) is 0 Å². The van der Waals surface area contributed by atoms with E-state index in [1.165, 1.54) is 19.1 Å². The number of nitro benzene ring substituents is 1. The van der Waals surface area contributed by atoms with E-state index in [-0.39, 0.29) is 17.0 Å². The molecule has 0 heterocycles. The zero-order valence-corrected chi connectivity index (χ0v) is 8.36. The number of carbonyl (C=O) groups excluding carboxylic acids is 1. The summed E-state index contributed by atoms with van der Waals surface area (Å²) < 4.78 is 13.4. The molecule has 1 unspecified atom stereocenters. The molecule has 15 heavy (non-hydrogen) atoms. The first-order valence-corrected chi connectivity index (χ1v) is 4.37. The lowest BCUT2D eigenvalue weighted by Gasteiger charge is -2.08. The molecule has 4 nitrogen and oxygen atoms in total. The van der Waals surface area contributed by atoms with E-state index in [1.807, 2.05) is 0 Å². The summed E-state index contributed by atoms with van der Waals surface area (Å²) >= 11 is 0. The van der Waals surface area contributed by atoms with Crippen molar-refractivity contribution >= 4 is 11.5 Å². The first kappa shape index (κ1) is 11.3. The molecule has 0 aliphatic rings. The molecule has 5 heteroatoms. The Morgan fingerprint density at radius 3 is 2.53 bits per heavy atom. The smallest absolute Gasteiger partial charge is 0.272 e. The fourth-order valence-electron chi connectivity index (χ4n) is 1.20. The number of nitrogens with zero attached hydrogens (tertiary/aromatic N) is 1. The fourth-order valence-corrected chi connectivity index (χ4v) is 1.20. The van der Waals surface area contributed by atoms with Crippen LogP contribution in [0.15, 0.2) is 18.2 Å². The van der Waals surface area contributed by atoms with Gasteiger partial charge in [-0.2, -0.15) is 0 Å². The minimum atomic E-state index is -0.716. The van der Waals surface area contributed by atoms with Crippen molar-refractivity contribution in [1.29, 1.82) is 0 Å². The van der Waals surface area contributed by atoms with Gasteiger partial charge in [0.25, 0.3) is 5.69 Å². The summed E-state index contributed by atoms with van der Waals surface area (Å²) in [7, 11) is 0. The van der Waals surface area contributed by atoms with Crippen LogP contribution in [0.25, 0.3) is 0 Å². The summed E-state index contributed by atoms with van der Waals surface area (Å²) in [6, 6.07) is 3.30. The maximum absolute atomic E-state index is 13.4. The van der Waals surface area contributed by atoms with Gasteiger partial charge in [0.05, 0.1) is 11.0 Å². The maximum atomic E-state index is 13.4. The molecule has 0 aliphatic heterocycles. The molecular formula is C10H10FNO3. The zero-order valence-electron chi connectivity index (χ0n) is 8.36. The number of benzene rings is 1. The van der Waals surface area contributed by atoms with Gasteiger partial charge >= 0.3 is 0 Å². The lowest BCUT2D eigenvalue weighted by Crippen LogP contribution is -2.06. The Balaban J connectivity index is 3.13. The Hall–Kier alpha value is -1.78. The fraction of sp³-hybridized carbons (Fsp3) is 0.300. The third kappa shape index (κ3) is 2.37. The molecule has 1 aromatic carbocycles. The van der Waals surface area contributed by atoms with Gasteiger partial charge in [0, 0.05) is 12.0 Å². The summed E-state index contributed by atoms with van der Waals surface area (Å²) in [5, 5.41) is 10.3. The van der Waals surface area contributed by atoms with E-state index in [9.17, 15) is 19.3 Å². The summed E-state index contributed by atoms with van der Waals surface area (Å²) in [6.45, 7) is 2.91. The quantitative estimate of drug-likeness (QED) is 0.569. The predicted molar refractivity (Wildman–Crippen MR) is 52.2 cm³/mol. The summed E-state index contributed by atoms with van der Waals surface area (Å²) in [5.74, 6) is -1.47. The van der Waals surface area contributed by atoms with Crippen LogP contribution < -0.4 is 0 Å². The lowest BCUT2D eigenvalue weighted by atomic mass is 9.97. The Morgan fingerprint density at radius 2 is 2.13 bits per heavy atom. The molecule has 1 atom stereocenters. The minimum absolute atomic E-state index is 0.178. The minimum Gasteiger partial charge on any atom is -0.299 e. The first-order valence-electron chi connectivity index (χ1n) is 4.37. The highest BCUT2D eigenvalue weighted by Crippen LogP contribution is 2.23. The molecule has 0 aromatic heterocycles. The van der Waals surface area contributed by atoms with Crippen LogP contribution in [0.1, 0.15) is 25.3 Å². The van der Waals surface area contributed by atoms with Gasteiger partial charge in [-0.15, -0.1) is 0 Å². The molecule has 0 aliphatic carbocycles. The zero-order chi connectivity index (χ0) is 11.6. The van der Waals surface area contributed by atoms with Crippen LogP contribution in [-0.2, 0) is 4.79 Å². The van der Waals surface area contributed by atoms with E-state index in [0.717, 1.165) is 6.07 Å². The van der Waals surface area contributed by atoms with Gasteiger partial charge in [-0.3, -0.25) is 14.9 Å². The first-order chi connectivity index (χ1) is 6.93. The molecular weight excluding hydrogens is 201 g/mol. The Kier molecular flexibility index (Phi) is 3.14. The maximum Gasteiger partial charge on any atom is 0.272 e. The second-order valence-electron chi connectivity index (χ2n) is 3.30. The van der Waals surface area contributed by atoms with E-state index in [1.54, 1.807) is 6.92 Å². The van der Waals surface area contributed by atoms with Gasteiger partial charge in [-0.1, -0.05) is 6.92 Å². The van der Waals surface area contributed by atoms with Gasteiger partial charge in [0.2, 0.25) is 0 Å². The standard InChI is InChI=1S/C10H10FNO3/c1-6(7(2)13)9-4-3-8(12(14)15)5-10(9)11/h3-6H,1-2H3. The highest BCUT2D eigenvalue weighted by atomic mass is 19.1. The Morgan fingerprint density at radius 1 is 1.53 bits per heavy atom. The molecule has 1 rings (SSSR count). The molecule has 0 spiro atoms. The largest absolute Gasteiger partial charge is 0.299 e. The Labute approximate surface area is 85.9 Å². The number of hydrogen-bond donors (Lipinski definition) is 0. The van der Waals surface area contributed by atoms with Gasteiger partial charge in [-0.25, -0.2) is 4.39 Å². The van der Waals surface area contributed by atoms with Crippen LogP contribution in [-0.4, -0.2) is 10.7 Å². The number of non-ortho nitro benzene ring substituents is 1. The number of halogens is 1. The van der Waals surface area contributed by atoms with Crippen molar-refractivity contribution in [2.45, 2.75) is 19.8 Å². The van der Waals surface area contributed by atoms with Crippen molar-refractivity contribution in [2.24, 2.45) is 0 Å². The number of carbonyl (C=O) groups is 1. The van der Waals surface area contributed by atoms with Crippen molar-refractivity contribution in [3.8, 4) is 0 Å². The molecule has 0 saturated carbocycles. The predicted octanol–water partition coefficient (Wildman–Crippen LogP) is 2.43. The molecule has 1 aromatic rings. The topological polar surface area (TPSA) is 60.2 Å². The van der Waals surface area contributed by atoms with Crippen LogP contribution in [0, 0.1) is 15.9 Å². The highest BCUT2D eigenvalue weighted by Gasteiger charge is 2.17. The number of hydrogen-bond acceptors (Lipinski definition) is 3. The number of ketones is 1. The van der Waals surface area contributed by atoms with E-state index < -0.39 is 16.7 Å². The SMILES string of the molecule is CC(=O)C(C)c1ccc([N+](=O)[O-])cc1F. The summed E-state index contributed by atoms with van der Waals surface area (Å²) in [4.78, 5) is 20.7. The third-order valence-corrected chi connectivity index (χ3v) is 2.27. The Bertz CT molecular complexity index is 417. The van der Waals surface area contributed by atoms with Crippen molar-refractivity contribution in [2.75, 3.05) is 0 Å². The van der Waals surface area contributed by atoms with Crippen molar-refractivity contribution in [3.63, 3.8) is 0 Å². The van der Waals surface area contributed by atoms with Crippen molar-refractivity contribution in [1.82, 2.24) is 0 Å². The van der Waals surface area contributed by atoms with E-state index in [2.05, 4.69) is 0 Å². The average molecular weight is 211 g/mol. The summed E-state index contributed by atoms with van der Waals surface area (Å²) in [5.41, 5.74) is -0.125. The number of nitro groups is 1. The molecule has 80 valence electrons. The van der Waals surface area contributed by atoms with Gasteiger partial charge < -0.3 is 0 Å². The normalized spacial score (nSPS) is 12.2. The average Bonchev–Trinajstić information content (AvgIpc) is 2.16. The van der Waals surface area contributed by atoms with Crippen LogP contribution in [0.3, 0.4) is 0 Å². The van der Waals surface area contributed by atoms with E-state index in [0.29, 0.717) is 0 Å². The second-order valence-corrected chi connectivity index (χ2v) is 3.30. The van der Waals surface area contributed by atoms with Crippen LogP contribution in [0.5, 0.6) is 0 Å². The second kappa shape index (κ2) is 4.16. The van der Waals surface area contributed by atoms with Crippen molar-refractivity contribution < 1.29 is 14.1 Å². The molecule has 0 fully saturated rings. The number of rotatable bonds is 3. The van der Waals surface area contributed by atoms with Crippen molar-refractivity contribution in [3.05, 3.63) is 39.7 Å². The monoisotopic (exact) mass is 211 g/mol. The summed E-state index contributed by atoms with van der Waals surface area (Å²) in [6.07, 6.45) is 0. The van der Waals surface area contributed by atoms with Gasteiger partial charge in [-0.05, 0) is 18.6 Å². The van der Waals surface area contributed by atoms with Gasteiger partial charge in [0.1, 0.15) is 11.6 Å². The van der Waals surface area contributed by atoms with Crippen LogP contribution >= 0.6 is 0 Å². The lowest BCUT2D eigenvalue weighted by molar-refractivity contribution is -0.385. The molecule has 0 bridgehead atoms. The molecule has 0 saturated heterocycles. The van der Waals surface area contributed by atoms with Crippen LogP contribution in [0.4, 0.5) is 10.1 Å². The molecule has 0 radical (unpaired) electrons.